The third kappa shape index (κ3) is 4.70. The van der Waals surface area contributed by atoms with E-state index in [0.29, 0.717) is 22.8 Å². The summed E-state index contributed by atoms with van der Waals surface area (Å²) in [7, 11) is 0. The molecule has 0 N–H and O–H groups in total. The van der Waals surface area contributed by atoms with Crippen molar-refractivity contribution >= 4 is 23.5 Å². The highest BCUT2D eigenvalue weighted by molar-refractivity contribution is 6.30. The molecule has 0 saturated heterocycles. The highest BCUT2D eigenvalue weighted by atomic mass is 35.5. The summed E-state index contributed by atoms with van der Waals surface area (Å²) in [5, 5.41) is -0.00419. The lowest BCUT2D eigenvalue weighted by Gasteiger charge is -2.04. The van der Waals surface area contributed by atoms with E-state index < -0.39 is 5.82 Å². The molecule has 0 atom stereocenters. The third-order valence-corrected chi connectivity index (χ3v) is 4.70. The molecular weight excluding hydrogens is 405 g/mol. The van der Waals surface area contributed by atoms with Gasteiger partial charge in [-0.05, 0) is 72.8 Å². The van der Waals surface area contributed by atoms with Crippen LogP contribution in [-0.2, 0) is 6.61 Å². The molecule has 6 heteroatoms. The largest absolute Gasteiger partial charge is 0.486 e. The predicted molar refractivity (Wildman–Crippen MR) is 114 cm³/mol. The van der Waals surface area contributed by atoms with Gasteiger partial charge in [0.05, 0.1) is 5.02 Å². The van der Waals surface area contributed by atoms with Crippen LogP contribution in [0.1, 0.15) is 21.9 Å². The number of ether oxygens (including phenoxy) is 1. The molecule has 30 heavy (non-hydrogen) atoms. The summed E-state index contributed by atoms with van der Waals surface area (Å²) in [5.41, 5.74) is 1.57. The molecule has 0 amide bonds. The molecule has 4 aromatic rings. The van der Waals surface area contributed by atoms with E-state index in [0.717, 1.165) is 5.69 Å². The lowest BCUT2D eigenvalue weighted by atomic mass is 10.1. The molecule has 0 fully saturated rings. The van der Waals surface area contributed by atoms with Gasteiger partial charge >= 0.3 is 0 Å². The zero-order chi connectivity index (χ0) is 20.9. The first kappa shape index (κ1) is 19.7. The summed E-state index contributed by atoms with van der Waals surface area (Å²) < 4.78 is 26.3. The van der Waals surface area contributed by atoms with Crippen LogP contribution in [0.25, 0.3) is 11.8 Å². The maximum atomic E-state index is 13.2. The molecule has 4 rings (SSSR count). The Kier molecular flexibility index (Phi) is 5.82. The summed E-state index contributed by atoms with van der Waals surface area (Å²) in [4.78, 5) is 12.4. The molecule has 2 aromatic carbocycles. The van der Waals surface area contributed by atoms with E-state index in [1.165, 1.54) is 24.3 Å². The fourth-order valence-corrected chi connectivity index (χ4v) is 3.01. The van der Waals surface area contributed by atoms with Crippen molar-refractivity contribution in [2.45, 2.75) is 6.61 Å². The lowest BCUT2D eigenvalue weighted by Crippen LogP contribution is -1.96. The fraction of sp³-hybridized carbons (Fsp3) is 0.0417. The van der Waals surface area contributed by atoms with E-state index in [2.05, 4.69) is 0 Å². The van der Waals surface area contributed by atoms with Crippen molar-refractivity contribution < 1.29 is 18.3 Å². The quantitative estimate of drug-likeness (QED) is 0.258. The molecule has 150 valence electrons. The highest BCUT2D eigenvalue weighted by Crippen LogP contribution is 2.22. The summed E-state index contributed by atoms with van der Waals surface area (Å²) in [6.07, 6.45) is 6.97. The Morgan fingerprint density at radius 1 is 1.07 bits per heavy atom. The maximum Gasteiger partial charge on any atom is 0.185 e. The van der Waals surface area contributed by atoms with Gasteiger partial charge in [0.25, 0.3) is 0 Å². The zero-order valence-electron chi connectivity index (χ0n) is 15.8. The van der Waals surface area contributed by atoms with Gasteiger partial charge < -0.3 is 13.7 Å². The SMILES string of the molecule is O=C(/C=C/c1ccc(COc2ccc(F)c(Cl)c2)o1)c1ccc(-n2cccc2)cc1. The van der Waals surface area contributed by atoms with E-state index in [1.807, 2.05) is 41.2 Å². The first-order valence-corrected chi connectivity index (χ1v) is 9.59. The molecule has 0 aliphatic carbocycles. The first-order valence-electron chi connectivity index (χ1n) is 9.21. The summed E-state index contributed by atoms with van der Waals surface area (Å²) in [5.74, 6) is 0.915. The van der Waals surface area contributed by atoms with Crippen molar-refractivity contribution in [2.75, 3.05) is 0 Å². The van der Waals surface area contributed by atoms with Crippen molar-refractivity contribution in [2.24, 2.45) is 0 Å². The van der Waals surface area contributed by atoms with E-state index in [4.69, 9.17) is 20.8 Å². The van der Waals surface area contributed by atoms with Gasteiger partial charge in [0.15, 0.2) is 5.78 Å². The van der Waals surface area contributed by atoms with Crippen LogP contribution in [0, 0.1) is 5.82 Å². The van der Waals surface area contributed by atoms with Crippen molar-refractivity contribution in [3.8, 4) is 11.4 Å². The van der Waals surface area contributed by atoms with Crippen molar-refractivity contribution in [3.63, 3.8) is 0 Å². The zero-order valence-corrected chi connectivity index (χ0v) is 16.6. The van der Waals surface area contributed by atoms with Gasteiger partial charge in [-0.1, -0.05) is 11.6 Å². The molecule has 0 unspecified atom stereocenters. The molecule has 4 nitrogen and oxygen atoms in total. The van der Waals surface area contributed by atoms with Crippen LogP contribution in [0.2, 0.25) is 5.02 Å². The van der Waals surface area contributed by atoms with Crippen LogP contribution in [0.5, 0.6) is 5.75 Å². The fourth-order valence-electron chi connectivity index (χ4n) is 2.84. The second-order valence-electron chi connectivity index (χ2n) is 6.50. The number of aromatic nitrogens is 1. The standard InChI is InChI=1S/C24H17ClFNO3/c25-22-15-20(9-11-23(22)26)29-16-21-8-7-19(30-21)10-12-24(28)17-3-5-18(6-4-17)27-13-1-2-14-27/h1-15H,16H2/b12-10+. The van der Waals surface area contributed by atoms with Crippen LogP contribution in [0.15, 0.2) is 89.6 Å². The maximum absolute atomic E-state index is 13.2. The minimum Gasteiger partial charge on any atom is -0.486 e. The second kappa shape index (κ2) is 8.84. The lowest BCUT2D eigenvalue weighted by molar-refractivity contribution is 0.104. The van der Waals surface area contributed by atoms with E-state index in [9.17, 15) is 9.18 Å². The summed E-state index contributed by atoms with van der Waals surface area (Å²) >= 11 is 5.73. The van der Waals surface area contributed by atoms with Crippen LogP contribution in [-0.4, -0.2) is 10.4 Å². The van der Waals surface area contributed by atoms with Crippen LogP contribution in [0.4, 0.5) is 4.39 Å². The molecule has 0 saturated carbocycles. The van der Waals surface area contributed by atoms with Gasteiger partial charge in [-0.3, -0.25) is 4.79 Å². The topological polar surface area (TPSA) is 44.4 Å². The smallest absolute Gasteiger partial charge is 0.185 e. The van der Waals surface area contributed by atoms with E-state index >= 15 is 0 Å². The van der Waals surface area contributed by atoms with E-state index in [1.54, 1.807) is 30.3 Å². The number of hydrogen-bond acceptors (Lipinski definition) is 3. The number of rotatable bonds is 7. The highest BCUT2D eigenvalue weighted by Gasteiger charge is 2.06. The minimum absolute atomic E-state index is 0.00419. The van der Waals surface area contributed by atoms with Crippen molar-refractivity contribution in [3.05, 3.63) is 113 Å². The summed E-state index contributed by atoms with van der Waals surface area (Å²) in [6, 6.07) is 18.9. The van der Waals surface area contributed by atoms with Gasteiger partial charge in [-0.15, -0.1) is 0 Å². The number of ketones is 1. The van der Waals surface area contributed by atoms with Gasteiger partial charge in [0.2, 0.25) is 0 Å². The molecule has 0 radical (unpaired) electrons. The molecule has 0 aliphatic heterocycles. The van der Waals surface area contributed by atoms with Gasteiger partial charge in [-0.25, -0.2) is 4.39 Å². The Bertz CT molecular complexity index is 1180. The Labute approximate surface area is 177 Å². The number of furan rings is 1. The Balaban J connectivity index is 1.35. The number of hydrogen-bond donors (Lipinski definition) is 0. The Morgan fingerprint density at radius 3 is 2.57 bits per heavy atom. The third-order valence-electron chi connectivity index (χ3n) is 4.41. The van der Waals surface area contributed by atoms with Crippen LogP contribution >= 0.6 is 11.6 Å². The first-order chi connectivity index (χ1) is 14.6. The van der Waals surface area contributed by atoms with Crippen LogP contribution in [0.3, 0.4) is 0 Å². The minimum atomic E-state index is -0.501. The monoisotopic (exact) mass is 421 g/mol. The number of halogens is 2. The number of allylic oxidation sites excluding steroid dienone is 1. The molecular formula is C24H17ClFNO3. The van der Waals surface area contributed by atoms with Crippen molar-refractivity contribution in [1.82, 2.24) is 4.57 Å². The Hall–Kier alpha value is -3.57. The number of benzene rings is 2. The van der Waals surface area contributed by atoms with Gasteiger partial charge in [0.1, 0.15) is 29.7 Å². The average molecular weight is 422 g/mol. The molecule has 0 aliphatic rings. The van der Waals surface area contributed by atoms with Gasteiger partial charge in [-0.2, -0.15) is 0 Å². The average Bonchev–Trinajstić information content (AvgIpc) is 3.45. The predicted octanol–water partition coefficient (Wildman–Crippen LogP) is 6.34. The number of carbonyl (C=O) groups is 1. The molecule has 0 bridgehead atoms. The van der Waals surface area contributed by atoms with E-state index in [-0.39, 0.29) is 17.4 Å². The molecule has 2 heterocycles. The number of nitrogens with zero attached hydrogens (tertiary/aromatic N) is 1. The summed E-state index contributed by atoms with van der Waals surface area (Å²) in [6.45, 7) is 0.157. The molecule has 2 aromatic heterocycles. The Morgan fingerprint density at radius 2 is 1.83 bits per heavy atom. The van der Waals surface area contributed by atoms with Crippen LogP contribution < -0.4 is 4.74 Å². The normalized spacial score (nSPS) is 11.1. The molecule has 0 spiro atoms. The van der Waals surface area contributed by atoms with Crippen molar-refractivity contribution in [1.29, 1.82) is 0 Å². The van der Waals surface area contributed by atoms with Gasteiger partial charge in [0, 0.05) is 29.7 Å². The second-order valence-corrected chi connectivity index (χ2v) is 6.91. The number of carbonyl (C=O) groups excluding carboxylic acids is 1.